The Morgan fingerprint density at radius 1 is 1.38 bits per heavy atom. The van der Waals surface area contributed by atoms with Crippen LogP contribution in [0.1, 0.15) is 13.8 Å². The molecule has 0 aromatic heterocycles. The van der Waals surface area contributed by atoms with Crippen molar-refractivity contribution < 1.29 is 14.3 Å². The molecule has 5 heteroatoms. The van der Waals surface area contributed by atoms with Crippen LogP contribution in [0.2, 0.25) is 0 Å². The zero-order chi connectivity index (χ0) is 10.6. The third kappa shape index (κ3) is 3.09. The molecule has 0 rings (SSSR count). The second-order valence-corrected chi connectivity index (χ2v) is 3.34. The molecule has 0 aliphatic heterocycles. The molecule has 0 saturated carbocycles. The summed E-state index contributed by atoms with van der Waals surface area (Å²) in [4.78, 5) is 23.7. The van der Waals surface area contributed by atoms with Crippen LogP contribution in [-0.4, -0.2) is 44.7 Å². The molecule has 0 aliphatic rings. The Labute approximate surface area is 79.6 Å². The molecule has 1 atom stereocenters. The Hall–Kier alpha value is -0.995. The van der Waals surface area contributed by atoms with E-state index >= 15 is 0 Å². The number of methoxy groups -OCH3 is 1. The number of carbonyl (C=O) groups is 2. The van der Waals surface area contributed by atoms with Crippen LogP contribution in [0.4, 0.5) is 4.79 Å². The van der Waals surface area contributed by atoms with Crippen molar-refractivity contribution in [1.29, 1.82) is 0 Å². The van der Waals surface area contributed by atoms with E-state index in [1.807, 2.05) is 13.8 Å². The van der Waals surface area contributed by atoms with Gasteiger partial charge in [-0.2, -0.15) is 0 Å². The highest BCUT2D eigenvalue weighted by molar-refractivity contribution is 6.57. The molecule has 0 bridgehead atoms. The van der Waals surface area contributed by atoms with E-state index in [2.05, 4.69) is 4.74 Å². The zero-order valence-electron chi connectivity index (χ0n) is 8.83. The van der Waals surface area contributed by atoms with Gasteiger partial charge in [0.05, 0.1) is 7.11 Å². The van der Waals surface area contributed by atoms with E-state index in [1.165, 1.54) is 19.9 Å². The Morgan fingerprint density at radius 2 is 1.85 bits per heavy atom. The SMILES string of the molecule is BC(=O)N(C)[C@H](C(=O)OC)C(C)C. The van der Waals surface area contributed by atoms with Gasteiger partial charge in [-0.15, -0.1) is 0 Å². The smallest absolute Gasteiger partial charge is 0.328 e. The van der Waals surface area contributed by atoms with Gasteiger partial charge in [-0.05, 0) is 5.92 Å². The van der Waals surface area contributed by atoms with Crippen molar-refractivity contribution in [3.05, 3.63) is 0 Å². The molecule has 0 aromatic carbocycles. The van der Waals surface area contributed by atoms with E-state index in [9.17, 15) is 9.59 Å². The summed E-state index contributed by atoms with van der Waals surface area (Å²) in [5, 5.41) is 0. The summed E-state index contributed by atoms with van der Waals surface area (Å²) in [6.45, 7) is 3.75. The molecular weight excluding hydrogens is 169 g/mol. The van der Waals surface area contributed by atoms with Crippen molar-refractivity contribution in [3.8, 4) is 0 Å². The molecule has 0 radical (unpaired) electrons. The fraction of sp³-hybridized carbons (Fsp3) is 0.750. The molecule has 74 valence electrons. The van der Waals surface area contributed by atoms with Crippen molar-refractivity contribution >= 4 is 19.6 Å². The van der Waals surface area contributed by atoms with Gasteiger partial charge in [0.15, 0.2) is 5.81 Å². The summed E-state index contributed by atoms with van der Waals surface area (Å²) in [5.41, 5.74) is 0. The van der Waals surface area contributed by atoms with Crippen LogP contribution in [0.25, 0.3) is 0 Å². The number of hydrogen-bond acceptors (Lipinski definition) is 3. The molecule has 0 fully saturated rings. The number of rotatable bonds is 3. The highest BCUT2D eigenvalue weighted by Crippen LogP contribution is 2.10. The van der Waals surface area contributed by atoms with Crippen molar-refractivity contribution in [2.45, 2.75) is 19.9 Å². The molecule has 0 unspecified atom stereocenters. The lowest BCUT2D eigenvalue weighted by atomic mass is 9.99. The number of carbonyl (C=O) groups excluding carboxylic acids is 2. The van der Waals surface area contributed by atoms with Crippen molar-refractivity contribution in [2.24, 2.45) is 5.92 Å². The molecule has 0 aromatic rings. The zero-order valence-corrected chi connectivity index (χ0v) is 8.83. The number of esters is 1. The van der Waals surface area contributed by atoms with Gasteiger partial charge in [0.2, 0.25) is 7.85 Å². The maximum atomic E-state index is 11.3. The fourth-order valence-corrected chi connectivity index (χ4v) is 1.19. The van der Waals surface area contributed by atoms with Crippen LogP contribution >= 0.6 is 0 Å². The van der Waals surface area contributed by atoms with Crippen LogP contribution in [0.5, 0.6) is 0 Å². The van der Waals surface area contributed by atoms with E-state index < -0.39 is 6.04 Å². The van der Waals surface area contributed by atoms with Gasteiger partial charge < -0.3 is 9.64 Å². The third-order valence-corrected chi connectivity index (χ3v) is 1.99. The maximum absolute atomic E-state index is 11.3. The summed E-state index contributed by atoms with van der Waals surface area (Å²) in [6, 6.07) is -0.484. The molecule has 0 spiro atoms. The summed E-state index contributed by atoms with van der Waals surface area (Å²) in [5.74, 6) is -0.446. The Kier molecular flexibility index (Phi) is 4.52. The van der Waals surface area contributed by atoms with E-state index in [-0.39, 0.29) is 17.7 Å². The second kappa shape index (κ2) is 4.89. The molecule has 13 heavy (non-hydrogen) atoms. The summed E-state index contributed by atoms with van der Waals surface area (Å²) >= 11 is 0. The van der Waals surface area contributed by atoms with E-state index in [0.29, 0.717) is 0 Å². The predicted octanol–water partition coefficient (Wildman–Crippen LogP) is -0.131. The lowest BCUT2D eigenvalue weighted by molar-refractivity contribution is -0.146. The van der Waals surface area contributed by atoms with Gasteiger partial charge in [0, 0.05) is 7.05 Å². The monoisotopic (exact) mass is 185 g/mol. The molecule has 0 saturated heterocycles. The van der Waals surface area contributed by atoms with Crippen LogP contribution in [-0.2, 0) is 9.53 Å². The first-order valence-electron chi connectivity index (χ1n) is 4.23. The lowest BCUT2D eigenvalue weighted by Crippen LogP contribution is -2.45. The number of hydrogen-bond donors (Lipinski definition) is 0. The van der Waals surface area contributed by atoms with Crippen LogP contribution in [0.15, 0.2) is 0 Å². The third-order valence-electron chi connectivity index (χ3n) is 1.99. The van der Waals surface area contributed by atoms with Gasteiger partial charge in [0.25, 0.3) is 0 Å². The summed E-state index contributed by atoms with van der Waals surface area (Å²) < 4.78 is 4.61. The first-order valence-corrected chi connectivity index (χ1v) is 4.23. The Balaban J connectivity index is 4.60. The van der Waals surface area contributed by atoms with Gasteiger partial charge in [0.1, 0.15) is 6.04 Å². The Morgan fingerprint density at radius 3 is 2.08 bits per heavy atom. The predicted molar refractivity (Wildman–Crippen MR) is 52.3 cm³/mol. The summed E-state index contributed by atoms with van der Waals surface area (Å²) in [7, 11) is 4.36. The van der Waals surface area contributed by atoms with Gasteiger partial charge in [-0.25, -0.2) is 4.79 Å². The lowest BCUT2D eigenvalue weighted by Gasteiger charge is -2.28. The first-order chi connectivity index (χ1) is 5.91. The second-order valence-electron chi connectivity index (χ2n) is 3.34. The molecule has 0 heterocycles. The molecule has 1 amide bonds. The van der Waals surface area contributed by atoms with Gasteiger partial charge in [-0.1, -0.05) is 13.8 Å². The average Bonchev–Trinajstić information content (AvgIpc) is 2.03. The standard InChI is InChI=1S/C8H16BNO3/c1-5(2)6(7(11)13-4)10(3)8(9)12/h5-6H,9H2,1-4H3/t6-/m0/s1. The number of ether oxygens (including phenoxy) is 1. The minimum Gasteiger partial charge on any atom is -0.467 e. The van der Waals surface area contributed by atoms with Crippen LogP contribution in [0, 0.1) is 5.92 Å². The largest absolute Gasteiger partial charge is 0.467 e. The quantitative estimate of drug-likeness (QED) is 0.454. The molecule has 0 aliphatic carbocycles. The highest BCUT2D eigenvalue weighted by Gasteiger charge is 2.28. The van der Waals surface area contributed by atoms with Crippen molar-refractivity contribution in [3.63, 3.8) is 0 Å². The molecule has 0 N–H and O–H groups in total. The Bertz CT molecular complexity index is 206. The number of nitrogens with zero attached hydrogens (tertiary/aromatic N) is 1. The molecule has 4 nitrogen and oxygen atoms in total. The van der Waals surface area contributed by atoms with Crippen molar-refractivity contribution in [2.75, 3.05) is 14.2 Å². The normalized spacial score (nSPS) is 12.4. The topological polar surface area (TPSA) is 46.6 Å². The van der Waals surface area contributed by atoms with Crippen LogP contribution in [0.3, 0.4) is 0 Å². The number of amides is 1. The average molecular weight is 185 g/mol. The summed E-state index contributed by atoms with van der Waals surface area (Å²) in [6.07, 6.45) is 0. The van der Waals surface area contributed by atoms with Gasteiger partial charge in [-0.3, -0.25) is 4.79 Å². The minimum absolute atomic E-state index is 0.0568. The van der Waals surface area contributed by atoms with E-state index in [4.69, 9.17) is 0 Å². The van der Waals surface area contributed by atoms with Crippen LogP contribution < -0.4 is 0 Å². The highest BCUT2D eigenvalue weighted by atomic mass is 16.5. The molecular formula is C8H16BNO3. The van der Waals surface area contributed by atoms with Gasteiger partial charge >= 0.3 is 5.97 Å². The van der Waals surface area contributed by atoms with E-state index in [1.54, 1.807) is 7.05 Å². The first kappa shape index (κ1) is 12.0. The van der Waals surface area contributed by atoms with E-state index in [0.717, 1.165) is 0 Å². The fourth-order valence-electron chi connectivity index (χ4n) is 1.19. The van der Waals surface area contributed by atoms with Crippen molar-refractivity contribution in [1.82, 2.24) is 4.90 Å². The maximum Gasteiger partial charge on any atom is 0.328 e. The number of likely N-dealkylation sites (N-methyl/N-ethyl adjacent to an activating group) is 1. The minimum atomic E-state index is -0.484.